The molecule has 1 aromatic heterocycles. The molecule has 0 saturated carbocycles. The van der Waals surface area contributed by atoms with Crippen molar-refractivity contribution in [1.29, 1.82) is 0 Å². The molecule has 1 heterocycles. The zero-order valence-electron chi connectivity index (χ0n) is 20.2. The number of rotatable bonds is 10. The van der Waals surface area contributed by atoms with Gasteiger partial charge in [0.25, 0.3) is 0 Å². The maximum Gasteiger partial charge on any atom is 0.417 e. The third-order valence-corrected chi connectivity index (χ3v) is 5.16. The molecule has 0 saturated heterocycles. The number of hydrogen-bond donors (Lipinski definition) is 2. The fraction of sp³-hybridized carbons (Fsp3) is 0.308. The lowest BCUT2D eigenvalue weighted by Gasteiger charge is -2.20. The van der Waals surface area contributed by atoms with E-state index in [2.05, 4.69) is 27.2 Å². The van der Waals surface area contributed by atoms with Crippen molar-refractivity contribution in [1.82, 2.24) is 9.97 Å². The Hall–Kier alpha value is -3.69. The van der Waals surface area contributed by atoms with Gasteiger partial charge in [0.1, 0.15) is 11.6 Å². The SMILES string of the molecule is C=C(Nc1nc(-c2ccccc2C(F)(F)F)nc(C)c1OCCC)c1cc(F)cc(F)c1NCCC. The highest BCUT2D eigenvalue weighted by molar-refractivity contribution is 5.83. The zero-order chi connectivity index (χ0) is 26.5. The third-order valence-electron chi connectivity index (χ3n) is 5.16. The van der Waals surface area contributed by atoms with Crippen molar-refractivity contribution in [3.63, 3.8) is 0 Å². The van der Waals surface area contributed by atoms with Gasteiger partial charge in [-0.2, -0.15) is 13.2 Å². The van der Waals surface area contributed by atoms with Crippen LogP contribution in [0.2, 0.25) is 0 Å². The standard InChI is InChI=1S/C26H27F5N4O/c1-5-11-32-22-19(13-17(27)14-21(22)28)15(3)33-25-23(36-12-6-2)16(4)34-24(35-25)18-9-7-8-10-20(18)26(29,30)31/h7-10,13-14,32H,3,5-6,11-12H2,1-2,4H3,(H,33,34,35). The van der Waals surface area contributed by atoms with Crippen molar-refractivity contribution >= 4 is 17.2 Å². The number of aromatic nitrogens is 2. The summed E-state index contributed by atoms with van der Waals surface area (Å²) in [6.45, 7) is 9.98. The van der Waals surface area contributed by atoms with Gasteiger partial charge in [0, 0.05) is 29.4 Å². The fourth-order valence-corrected chi connectivity index (χ4v) is 3.52. The number of nitrogens with one attached hydrogen (secondary N) is 2. The van der Waals surface area contributed by atoms with Gasteiger partial charge in [-0.25, -0.2) is 18.7 Å². The van der Waals surface area contributed by atoms with E-state index >= 15 is 0 Å². The van der Waals surface area contributed by atoms with Crippen LogP contribution in [-0.2, 0) is 6.18 Å². The van der Waals surface area contributed by atoms with Gasteiger partial charge in [-0.3, -0.25) is 0 Å². The van der Waals surface area contributed by atoms with Crippen LogP contribution in [0.4, 0.5) is 33.5 Å². The van der Waals surface area contributed by atoms with Crippen molar-refractivity contribution in [2.45, 2.75) is 39.8 Å². The van der Waals surface area contributed by atoms with Crippen LogP contribution in [0.1, 0.15) is 43.5 Å². The highest BCUT2D eigenvalue weighted by Crippen LogP contribution is 2.38. The van der Waals surface area contributed by atoms with Gasteiger partial charge in [0.2, 0.25) is 0 Å². The van der Waals surface area contributed by atoms with E-state index in [-0.39, 0.29) is 45.6 Å². The van der Waals surface area contributed by atoms with Crippen LogP contribution < -0.4 is 15.4 Å². The average molecular weight is 507 g/mol. The monoisotopic (exact) mass is 506 g/mol. The Morgan fingerprint density at radius 1 is 1.06 bits per heavy atom. The highest BCUT2D eigenvalue weighted by Gasteiger charge is 2.34. The normalized spacial score (nSPS) is 11.3. The summed E-state index contributed by atoms with van der Waals surface area (Å²) in [6, 6.07) is 6.82. The van der Waals surface area contributed by atoms with Gasteiger partial charge in [-0.1, -0.05) is 38.6 Å². The molecule has 0 bridgehead atoms. The van der Waals surface area contributed by atoms with Crippen LogP contribution in [0.25, 0.3) is 17.1 Å². The first-order valence-corrected chi connectivity index (χ1v) is 11.4. The van der Waals surface area contributed by atoms with Crippen LogP contribution >= 0.6 is 0 Å². The Morgan fingerprint density at radius 3 is 2.44 bits per heavy atom. The molecule has 0 aliphatic rings. The Bertz CT molecular complexity index is 1240. The number of benzene rings is 2. The maximum absolute atomic E-state index is 14.6. The largest absolute Gasteiger partial charge is 0.488 e. The van der Waals surface area contributed by atoms with E-state index in [1.54, 1.807) is 6.92 Å². The summed E-state index contributed by atoms with van der Waals surface area (Å²) in [7, 11) is 0. The maximum atomic E-state index is 14.6. The van der Waals surface area contributed by atoms with E-state index < -0.39 is 23.4 Å². The van der Waals surface area contributed by atoms with Crippen molar-refractivity contribution < 1.29 is 26.7 Å². The summed E-state index contributed by atoms with van der Waals surface area (Å²) >= 11 is 0. The zero-order valence-corrected chi connectivity index (χ0v) is 20.2. The summed E-state index contributed by atoms with van der Waals surface area (Å²) in [5, 5.41) is 5.81. The molecule has 0 fully saturated rings. The Labute approximate surface area is 206 Å². The van der Waals surface area contributed by atoms with Gasteiger partial charge in [-0.05, 0) is 31.9 Å². The summed E-state index contributed by atoms with van der Waals surface area (Å²) in [5.74, 6) is -1.57. The smallest absolute Gasteiger partial charge is 0.417 e. The minimum absolute atomic E-state index is 0.0269. The van der Waals surface area contributed by atoms with Crippen molar-refractivity contribution in [2.24, 2.45) is 0 Å². The van der Waals surface area contributed by atoms with E-state index in [1.807, 2.05) is 13.8 Å². The molecule has 0 atom stereocenters. The minimum Gasteiger partial charge on any atom is -0.488 e. The molecule has 5 nitrogen and oxygen atoms in total. The number of aryl methyl sites for hydroxylation is 1. The summed E-state index contributed by atoms with van der Waals surface area (Å²) in [5.41, 5.74) is -0.603. The molecule has 0 spiro atoms. The van der Waals surface area contributed by atoms with Crippen LogP contribution in [0, 0.1) is 18.6 Å². The molecule has 0 aliphatic carbocycles. The van der Waals surface area contributed by atoms with Crippen molar-refractivity contribution in [2.75, 3.05) is 23.8 Å². The number of anilines is 2. The van der Waals surface area contributed by atoms with E-state index in [0.717, 1.165) is 18.2 Å². The molecular weight excluding hydrogens is 479 g/mol. The van der Waals surface area contributed by atoms with Crippen molar-refractivity contribution in [3.8, 4) is 17.1 Å². The lowest BCUT2D eigenvalue weighted by Crippen LogP contribution is -2.12. The Morgan fingerprint density at radius 2 is 1.78 bits per heavy atom. The number of halogens is 5. The molecule has 0 aliphatic heterocycles. The molecule has 3 rings (SSSR count). The first kappa shape index (κ1) is 26.9. The third kappa shape index (κ3) is 6.10. The van der Waals surface area contributed by atoms with Gasteiger partial charge in [0.05, 0.1) is 23.6 Å². The second kappa shape index (κ2) is 11.4. The van der Waals surface area contributed by atoms with Gasteiger partial charge < -0.3 is 15.4 Å². The second-order valence-corrected chi connectivity index (χ2v) is 8.04. The predicted molar refractivity (Wildman–Crippen MR) is 131 cm³/mol. The molecule has 10 heteroatoms. The average Bonchev–Trinajstić information content (AvgIpc) is 2.82. The van der Waals surface area contributed by atoms with Crippen LogP contribution in [-0.4, -0.2) is 23.1 Å². The van der Waals surface area contributed by atoms with Gasteiger partial charge in [-0.15, -0.1) is 0 Å². The van der Waals surface area contributed by atoms with E-state index in [4.69, 9.17) is 4.74 Å². The summed E-state index contributed by atoms with van der Waals surface area (Å²) < 4.78 is 75.4. The molecule has 192 valence electrons. The van der Waals surface area contributed by atoms with E-state index in [9.17, 15) is 22.0 Å². The summed E-state index contributed by atoms with van der Waals surface area (Å²) in [6.07, 6.45) is -3.28. The van der Waals surface area contributed by atoms with E-state index in [1.165, 1.54) is 18.2 Å². The van der Waals surface area contributed by atoms with Gasteiger partial charge in [0.15, 0.2) is 17.4 Å². The van der Waals surface area contributed by atoms with Crippen LogP contribution in [0.3, 0.4) is 0 Å². The number of alkyl halides is 3. The molecule has 0 amide bonds. The molecule has 0 radical (unpaired) electrons. The minimum atomic E-state index is -4.62. The molecule has 2 aromatic carbocycles. The van der Waals surface area contributed by atoms with Gasteiger partial charge >= 0.3 is 6.18 Å². The molecule has 2 N–H and O–H groups in total. The molecule has 36 heavy (non-hydrogen) atoms. The lowest BCUT2D eigenvalue weighted by atomic mass is 10.1. The van der Waals surface area contributed by atoms with E-state index in [0.29, 0.717) is 26.0 Å². The lowest BCUT2D eigenvalue weighted by molar-refractivity contribution is -0.137. The number of ether oxygens (including phenoxy) is 1. The molecule has 0 unspecified atom stereocenters. The van der Waals surface area contributed by atoms with Crippen LogP contribution in [0.5, 0.6) is 5.75 Å². The molecule has 3 aromatic rings. The quantitative estimate of drug-likeness (QED) is 0.280. The number of hydrogen-bond acceptors (Lipinski definition) is 5. The Balaban J connectivity index is 2.12. The first-order valence-electron chi connectivity index (χ1n) is 11.4. The number of nitrogens with zero attached hydrogens (tertiary/aromatic N) is 2. The first-order chi connectivity index (χ1) is 17.1. The predicted octanol–water partition coefficient (Wildman–Crippen LogP) is 7.44. The summed E-state index contributed by atoms with van der Waals surface area (Å²) in [4.78, 5) is 8.58. The van der Waals surface area contributed by atoms with Crippen molar-refractivity contribution in [3.05, 3.63) is 71.4 Å². The topological polar surface area (TPSA) is 59.1 Å². The van der Waals surface area contributed by atoms with Crippen LogP contribution in [0.15, 0.2) is 43.0 Å². The second-order valence-electron chi connectivity index (χ2n) is 8.04. The molecular formula is C26H27F5N4O. The fourth-order valence-electron chi connectivity index (χ4n) is 3.52. The Kier molecular flexibility index (Phi) is 8.49. The highest BCUT2D eigenvalue weighted by atomic mass is 19.4.